The van der Waals surface area contributed by atoms with E-state index in [2.05, 4.69) is 4.98 Å². The topological polar surface area (TPSA) is 108 Å². The molecule has 0 saturated heterocycles. The highest BCUT2D eigenvalue weighted by Crippen LogP contribution is 2.19. The van der Waals surface area contributed by atoms with E-state index in [1.807, 2.05) is 6.07 Å². The molecule has 1 heterocycles. The third kappa shape index (κ3) is 3.92. The van der Waals surface area contributed by atoms with Crippen molar-refractivity contribution in [1.82, 2.24) is 4.98 Å². The number of benzene rings is 1. The van der Waals surface area contributed by atoms with E-state index in [1.165, 1.54) is 19.1 Å². The van der Waals surface area contributed by atoms with Crippen LogP contribution in [0.5, 0.6) is 0 Å². The Kier molecular flexibility index (Phi) is 5.08. The standard InChI is InChI=1S/C17H17NO5/c1-10-14(16(20)21)6-12(7-15(10)17(22)23)3-2-11-4-5-13(9-19)18-8-11/h4-8,19H,2-3,9H2,1H3,(H,20,21)(H,22,23). The van der Waals surface area contributed by atoms with Crippen LogP contribution in [0.2, 0.25) is 0 Å². The van der Waals surface area contributed by atoms with Crippen LogP contribution in [0.1, 0.15) is 43.1 Å². The molecule has 120 valence electrons. The lowest BCUT2D eigenvalue weighted by Crippen LogP contribution is -2.09. The summed E-state index contributed by atoms with van der Waals surface area (Å²) in [5.74, 6) is -2.28. The van der Waals surface area contributed by atoms with E-state index in [0.29, 0.717) is 24.1 Å². The van der Waals surface area contributed by atoms with Gasteiger partial charge in [0.2, 0.25) is 0 Å². The van der Waals surface area contributed by atoms with Crippen LogP contribution in [0.3, 0.4) is 0 Å². The predicted octanol–water partition coefficient (Wildman–Crippen LogP) is 2.06. The molecule has 0 unspecified atom stereocenters. The molecular formula is C17H17NO5. The highest BCUT2D eigenvalue weighted by molar-refractivity contribution is 5.96. The van der Waals surface area contributed by atoms with Gasteiger partial charge in [-0.05, 0) is 54.7 Å². The summed E-state index contributed by atoms with van der Waals surface area (Å²) in [6.07, 6.45) is 2.75. The minimum Gasteiger partial charge on any atom is -0.478 e. The maximum atomic E-state index is 11.3. The van der Waals surface area contributed by atoms with Gasteiger partial charge in [0, 0.05) is 6.20 Å². The molecule has 0 spiro atoms. The number of aryl methyl sites for hydroxylation is 2. The number of hydrogen-bond acceptors (Lipinski definition) is 4. The lowest BCUT2D eigenvalue weighted by atomic mass is 9.95. The van der Waals surface area contributed by atoms with Crippen LogP contribution < -0.4 is 0 Å². The molecule has 2 aromatic rings. The van der Waals surface area contributed by atoms with Crippen LogP contribution in [0, 0.1) is 6.92 Å². The fraction of sp³-hybridized carbons (Fsp3) is 0.235. The summed E-state index contributed by atoms with van der Waals surface area (Å²) in [5.41, 5.74) is 2.42. The molecule has 0 aliphatic rings. The molecule has 1 aromatic heterocycles. The first-order chi connectivity index (χ1) is 10.9. The molecule has 0 bridgehead atoms. The molecule has 6 nitrogen and oxygen atoms in total. The second-order valence-corrected chi connectivity index (χ2v) is 5.24. The summed E-state index contributed by atoms with van der Waals surface area (Å²) in [6.45, 7) is 1.37. The average Bonchev–Trinajstić information content (AvgIpc) is 2.53. The Morgan fingerprint density at radius 3 is 2.00 bits per heavy atom. The number of carboxylic acid groups (broad SMARTS) is 2. The summed E-state index contributed by atoms with van der Waals surface area (Å²) in [7, 11) is 0. The summed E-state index contributed by atoms with van der Waals surface area (Å²) < 4.78 is 0. The van der Waals surface area contributed by atoms with Gasteiger partial charge in [0.1, 0.15) is 0 Å². The van der Waals surface area contributed by atoms with Crippen molar-refractivity contribution in [3.63, 3.8) is 0 Å². The van der Waals surface area contributed by atoms with Crippen molar-refractivity contribution in [2.24, 2.45) is 0 Å². The molecule has 0 atom stereocenters. The maximum Gasteiger partial charge on any atom is 0.335 e. The van der Waals surface area contributed by atoms with E-state index in [1.54, 1.807) is 12.3 Å². The zero-order valence-electron chi connectivity index (χ0n) is 12.6. The van der Waals surface area contributed by atoms with E-state index in [0.717, 1.165) is 5.56 Å². The van der Waals surface area contributed by atoms with Gasteiger partial charge in [-0.2, -0.15) is 0 Å². The normalized spacial score (nSPS) is 10.5. The van der Waals surface area contributed by atoms with Crippen molar-refractivity contribution in [3.8, 4) is 0 Å². The van der Waals surface area contributed by atoms with Gasteiger partial charge in [-0.3, -0.25) is 4.98 Å². The Hall–Kier alpha value is -2.73. The first-order valence-corrected chi connectivity index (χ1v) is 7.07. The van der Waals surface area contributed by atoms with Gasteiger partial charge < -0.3 is 15.3 Å². The van der Waals surface area contributed by atoms with Crippen LogP contribution in [-0.4, -0.2) is 32.2 Å². The van der Waals surface area contributed by atoms with Crippen molar-refractivity contribution < 1.29 is 24.9 Å². The van der Waals surface area contributed by atoms with Crippen molar-refractivity contribution in [2.75, 3.05) is 0 Å². The summed E-state index contributed by atoms with van der Waals surface area (Å²) in [4.78, 5) is 26.6. The number of aromatic carboxylic acids is 2. The average molecular weight is 315 g/mol. The molecule has 1 aromatic carbocycles. The van der Waals surface area contributed by atoms with Gasteiger partial charge in [0.25, 0.3) is 0 Å². The van der Waals surface area contributed by atoms with Gasteiger partial charge in [-0.1, -0.05) is 6.07 Å². The number of aliphatic hydroxyl groups excluding tert-OH is 1. The van der Waals surface area contributed by atoms with Crippen molar-refractivity contribution in [2.45, 2.75) is 26.4 Å². The highest BCUT2D eigenvalue weighted by Gasteiger charge is 2.17. The SMILES string of the molecule is Cc1c(C(=O)O)cc(CCc2ccc(CO)nc2)cc1C(=O)O. The van der Waals surface area contributed by atoms with Crippen LogP contribution in [0.4, 0.5) is 0 Å². The fourth-order valence-electron chi connectivity index (χ4n) is 2.35. The van der Waals surface area contributed by atoms with Crippen molar-refractivity contribution in [3.05, 3.63) is 64.0 Å². The number of aliphatic hydroxyl groups is 1. The second-order valence-electron chi connectivity index (χ2n) is 5.24. The minimum atomic E-state index is -1.14. The summed E-state index contributed by atoms with van der Waals surface area (Å²) >= 11 is 0. The summed E-state index contributed by atoms with van der Waals surface area (Å²) in [6, 6.07) is 6.58. The molecule has 23 heavy (non-hydrogen) atoms. The molecule has 0 fully saturated rings. The lowest BCUT2D eigenvalue weighted by Gasteiger charge is -2.10. The number of aromatic nitrogens is 1. The Morgan fingerprint density at radius 2 is 1.57 bits per heavy atom. The number of rotatable bonds is 6. The molecule has 6 heteroatoms. The van der Waals surface area contributed by atoms with Crippen molar-refractivity contribution in [1.29, 1.82) is 0 Å². The van der Waals surface area contributed by atoms with Crippen LogP contribution >= 0.6 is 0 Å². The molecule has 0 radical (unpaired) electrons. The first-order valence-electron chi connectivity index (χ1n) is 7.07. The van der Waals surface area contributed by atoms with E-state index in [9.17, 15) is 19.8 Å². The van der Waals surface area contributed by atoms with E-state index in [-0.39, 0.29) is 23.3 Å². The smallest absolute Gasteiger partial charge is 0.335 e. The molecule has 2 rings (SSSR count). The number of hydrogen-bond donors (Lipinski definition) is 3. The Labute approximate surface area is 133 Å². The number of carbonyl (C=O) groups is 2. The van der Waals surface area contributed by atoms with E-state index in [4.69, 9.17) is 5.11 Å². The van der Waals surface area contributed by atoms with Crippen LogP contribution in [0.15, 0.2) is 30.5 Å². The molecule has 0 aliphatic carbocycles. The fourth-order valence-corrected chi connectivity index (χ4v) is 2.35. The molecular weight excluding hydrogens is 298 g/mol. The Morgan fingerprint density at radius 1 is 1.00 bits per heavy atom. The van der Waals surface area contributed by atoms with Gasteiger partial charge in [-0.25, -0.2) is 9.59 Å². The van der Waals surface area contributed by atoms with Crippen LogP contribution in [0.25, 0.3) is 0 Å². The Bertz CT molecular complexity index is 702. The maximum absolute atomic E-state index is 11.3. The second kappa shape index (κ2) is 7.02. The van der Waals surface area contributed by atoms with Gasteiger partial charge in [-0.15, -0.1) is 0 Å². The minimum absolute atomic E-state index is 0.00801. The third-order valence-electron chi connectivity index (χ3n) is 3.68. The van der Waals surface area contributed by atoms with Gasteiger partial charge in [0.05, 0.1) is 23.4 Å². The molecule has 3 N–H and O–H groups in total. The van der Waals surface area contributed by atoms with E-state index < -0.39 is 11.9 Å². The largest absolute Gasteiger partial charge is 0.478 e. The number of carboxylic acids is 2. The van der Waals surface area contributed by atoms with E-state index >= 15 is 0 Å². The number of nitrogens with zero attached hydrogens (tertiary/aromatic N) is 1. The molecule has 0 amide bonds. The zero-order valence-corrected chi connectivity index (χ0v) is 12.6. The van der Waals surface area contributed by atoms with Gasteiger partial charge in [0.15, 0.2) is 0 Å². The van der Waals surface area contributed by atoms with Crippen LogP contribution in [-0.2, 0) is 19.4 Å². The molecule has 0 aliphatic heterocycles. The van der Waals surface area contributed by atoms with Crippen molar-refractivity contribution >= 4 is 11.9 Å². The van der Waals surface area contributed by atoms with Gasteiger partial charge >= 0.3 is 11.9 Å². The zero-order chi connectivity index (χ0) is 17.0. The first kappa shape index (κ1) is 16.6. The summed E-state index contributed by atoms with van der Waals surface area (Å²) in [5, 5.41) is 27.4. The monoisotopic (exact) mass is 315 g/mol. The lowest BCUT2D eigenvalue weighted by molar-refractivity contribution is 0.0696. The molecule has 0 saturated carbocycles. The predicted molar refractivity (Wildman–Crippen MR) is 82.7 cm³/mol. The third-order valence-corrected chi connectivity index (χ3v) is 3.68. The number of pyridine rings is 1. The quantitative estimate of drug-likeness (QED) is 0.753. The Balaban J connectivity index is 2.24. The highest BCUT2D eigenvalue weighted by atomic mass is 16.4.